The second-order valence-electron chi connectivity index (χ2n) is 7.54. The molecule has 0 N–H and O–H groups in total. The van der Waals surface area contributed by atoms with Crippen LogP contribution in [0.5, 0.6) is 0 Å². The molecule has 0 saturated carbocycles. The topological polar surface area (TPSA) is 54.5 Å². The van der Waals surface area contributed by atoms with Crippen molar-refractivity contribution in [3.05, 3.63) is 52.2 Å². The molecule has 0 fully saturated rings. The Balaban J connectivity index is 2.01. The number of carbonyl (C=O) groups is 1. The first-order chi connectivity index (χ1) is 11.1. The minimum Gasteiger partial charge on any atom is -0.295 e. The van der Waals surface area contributed by atoms with Crippen molar-refractivity contribution in [2.24, 2.45) is 0 Å². The molecule has 1 heterocycles. The molecule has 0 bridgehead atoms. The molecular formula is C18H23NO3SSi. The lowest BCUT2D eigenvalue weighted by Crippen LogP contribution is -2.37. The summed E-state index contributed by atoms with van der Waals surface area (Å²) in [5.41, 5.74) is 3.02. The van der Waals surface area contributed by atoms with Crippen LogP contribution in [0.25, 0.3) is 0 Å². The molecule has 1 aromatic carbocycles. The summed E-state index contributed by atoms with van der Waals surface area (Å²) < 4.78 is 27.3. The van der Waals surface area contributed by atoms with Crippen LogP contribution in [-0.4, -0.2) is 39.7 Å². The number of Topliss-reactive ketones (excluding diaryl/α,β-unsaturated/α-hetero) is 1. The zero-order valence-electron chi connectivity index (χ0n) is 14.6. The fourth-order valence-electron chi connectivity index (χ4n) is 3.44. The monoisotopic (exact) mass is 361 g/mol. The first-order valence-corrected chi connectivity index (χ1v) is 13.1. The van der Waals surface area contributed by atoms with Gasteiger partial charge in [0.25, 0.3) is 0 Å². The van der Waals surface area contributed by atoms with E-state index in [1.807, 2.05) is 25.1 Å². The van der Waals surface area contributed by atoms with Crippen LogP contribution in [0.15, 0.2) is 51.6 Å². The number of aryl methyl sites for hydroxylation is 1. The lowest BCUT2D eigenvalue weighted by Gasteiger charge is -2.28. The summed E-state index contributed by atoms with van der Waals surface area (Å²) in [5, 5.41) is 0.914. The second-order valence-corrected chi connectivity index (χ2v) is 14.5. The normalized spacial score (nSPS) is 19.5. The van der Waals surface area contributed by atoms with Gasteiger partial charge < -0.3 is 0 Å². The van der Waals surface area contributed by atoms with Gasteiger partial charge in [-0.15, -0.1) is 0 Å². The summed E-state index contributed by atoms with van der Waals surface area (Å²) in [5.74, 6) is 0.185. The van der Waals surface area contributed by atoms with Crippen molar-refractivity contribution in [2.45, 2.75) is 37.9 Å². The summed E-state index contributed by atoms with van der Waals surface area (Å²) in [7, 11) is -5.35. The minimum absolute atomic E-state index is 0.185. The van der Waals surface area contributed by atoms with Crippen LogP contribution in [0.1, 0.15) is 12.0 Å². The number of rotatable bonds is 3. The van der Waals surface area contributed by atoms with Crippen molar-refractivity contribution >= 4 is 23.9 Å². The van der Waals surface area contributed by atoms with Gasteiger partial charge in [0, 0.05) is 19.5 Å². The third-order valence-electron chi connectivity index (χ3n) is 4.60. The van der Waals surface area contributed by atoms with Crippen molar-refractivity contribution in [2.75, 3.05) is 13.1 Å². The predicted molar refractivity (Wildman–Crippen MR) is 98.0 cm³/mol. The van der Waals surface area contributed by atoms with E-state index in [0.29, 0.717) is 24.4 Å². The summed E-state index contributed by atoms with van der Waals surface area (Å²) in [6.07, 6.45) is 2.35. The molecule has 0 radical (unpaired) electrons. The molecule has 2 aliphatic rings. The summed E-state index contributed by atoms with van der Waals surface area (Å²) in [6.45, 7) is 9.01. The minimum atomic E-state index is -3.55. The van der Waals surface area contributed by atoms with E-state index in [0.717, 1.165) is 21.9 Å². The molecular weight excluding hydrogens is 338 g/mol. The lowest BCUT2D eigenvalue weighted by molar-refractivity contribution is -0.114. The molecule has 3 rings (SSSR count). The van der Waals surface area contributed by atoms with E-state index in [-0.39, 0.29) is 5.78 Å². The number of allylic oxidation sites excluding steroid dienone is 1. The Morgan fingerprint density at radius 3 is 2.29 bits per heavy atom. The molecule has 6 heteroatoms. The van der Waals surface area contributed by atoms with Gasteiger partial charge in [0.15, 0.2) is 5.78 Å². The van der Waals surface area contributed by atoms with Crippen LogP contribution in [0.4, 0.5) is 0 Å². The van der Waals surface area contributed by atoms with Gasteiger partial charge in [-0.25, -0.2) is 8.42 Å². The number of nitrogens with zero attached hydrogens (tertiary/aromatic N) is 1. The van der Waals surface area contributed by atoms with Gasteiger partial charge >= 0.3 is 0 Å². The maximum Gasteiger partial charge on any atom is 0.243 e. The molecule has 1 aliphatic heterocycles. The second kappa shape index (κ2) is 5.79. The fourth-order valence-corrected chi connectivity index (χ4v) is 6.86. The zero-order valence-corrected chi connectivity index (χ0v) is 16.4. The smallest absolute Gasteiger partial charge is 0.243 e. The number of sulfonamides is 1. The maximum atomic E-state index is 12.9. The standard InChI is InChI=1S/C18H23NO3SSi/c1-13-5-7-15(8-6-13)23(21,22)19-10-9-14-11-17(20)18(16(14)12-19)24(2,3)4/h5-9H,10-12H2,1-4H3. The Hall–Kier alpha value is -1.50. The molecule has 0 saturated heterocycles. The molecule has 0 spiro atoms. The first-order valence-electron chi connectivity index (χ1n) is 8.14. The zero-order chi connectivity index (χ0) is 17.7. The molecule has 1 aliphatic carbocycles. The van der Waals surface area contributed by atoms with Crippen LogP contribution in [-0.2, 0) is 14.8 Å². The van der Waals surface area contributed by atoms with Gasteiger partial charge in [0.1, 0.15) is 0 Å². The van der Waals surface area contributed by atoms with Crippen LogP contribution < -0.4 is 0 Å². The van der Waals surface area contributed by atoms with Gasteiger partial charge in [-0.2, -0.15) is 4.31 Å². The molecule has 24 heavy (non-hydrogen) atoms. The highest BCUT2D eigenvalue weighted by atomic mass is 32.2. The number of hydrogen-bond donors (Lipinski definition) is 0. The molecule has 1 aromatic rings. The maximum absolute atomic E-state index is 12.9. The summed E-state index contributed by atoms with van der Waals surface area (Å²) in [4.78, 5) is 12.7. The van der Waals surface area contributed by atoms with E-state index in [1.54, 1.807) is 12.1 Å². The van der Waals surface area contributed by atoms with Crippen molar-refractivity contribution < 1.29 is 13.2 Å². The Bertz CT molecular complexity index is 859. The van der Waals surface area contributed by atoms with E-state index < -0.39 is 18.1 Å². The lowest BCUT2D eigenvalue weighted by atomic mass is 10.1. The van der Waals surface area contributed by atoms with Gasteiger partial charge in [0.05, 0.1) is 13.0 Å². The average molecular weight is 362 g/mol. The number of benzene rings is 1. The third-order valence-corrected chi connectivity index (χ3v) is 8.51. The number of ketones is 1. The van der Waals surface area contributed by atoms with E-state index >= 15 is 0 Å². The quantitative estimate of drug-likeness (QED) is 0.778. The Kier molecular flexibility index (Phi) is 4.18. The van der Waals surface area contributed by atoms with E-state index in [2.05, 4.69) is 19.6 Å². The van der Waals surface area contributed by atoms with Gasteiger partial charge in [-0.05, 0) is 35.4 Å². The van der Waals surface area contributed by atoms with E-state index in [1.165, 1.54) is 4.31 Å². The number of fused-ring (bicyclic) bond motifs is 1. The van der Waals surface area contributed by atoms with Crippen LogP contribution in [0.3, 0.4) is 0 Å². The van der Waals surface area contributed by atoms with Crippen molar-refractivity contribution in [1.29, 1.82) is 0 Å². The number of carbonyl (C=O) groups excluding carboxylic acids is 1. The van der Waals surface area contributed by atoms with Crippen molar-refractivity contribution in [3.8, 4) is 0 Å². The summed E-state index contributed by atoms with van der Waals surface area (Å²) >= 11 is 0. The van der Waals surface area contributed by atoms with Crippen LogP contribution in [0, 0.1) is 6.92 Å². The van der Waals surface area contributed by atoms with E-state index in [4.69, 9.17) is 0 Å². The Labute approximate surface area is 144 Å². The molecule has 0 amide bonds. The van der Waals surface area contributed by atoms with Gasteiger partial charge in [-0.1, -0.05) is 43.4 Å². The summed E-state index contributed by atoms with van der Waals surface area (Å²) in [6, 6.07) is 6.92. The van der Waals surface area contributed by atoms with Crippen LogP contribution >= 0.6 is 0 Å². The fraction of sp³-hybridized carbons (Fsp3) is 0.389. The SMILES string of the molecule is Cc1ccc(S(=O)(=O)N2CC=C3CC(=O)C([Si](C)(C)C)=C3C2)cc1. The third kappa shape index (κ3) is 2.94. The molecule has 0 unspecified atom stereocenters. The highest BCUT2D eigenvalue weighted by Gasteiger charge is 2.39. The average Bonchev–Trinajstić information content (AvgIpc) is 2.82. The van der Waals surface area contributed by atoms with Gasteiger partial charge in [-0.3, -0.25) is 4.79 Å². The Morgan fingerprint density at radius 1 is 1.08 bits per heavy atom. The largest absolute Gasteiger partial charge is 0.295 e. The predicted octanol–water partition coefficient (Wildman–Crippen LogP) is 3.07. The van der Waals surface area contributed by atoms with Gasteiger partial charge in [0.2, 0.25) is 10.0 Å². The first kappa shape index (κ1) is 17.3. The van der Waals surface area contributed by atoms with Crippen molar-refractivity contribution in [3.63, 3.8) is 0 Å². The van der Waals surface area contributed by atoms with Crippen LogP contribution in [0.2, 0.25) is 19.6 Å². The molecule has 0 aromatic heterocycles. The van der Waals surface area contributed by atoms with E-state index in [9.17, 15) is 13.2 Å². The molecule has 128 valence electrons. The number of hydrogen-bond acceptors (Lipinski definition) is 3. The molecule has 0 atom stereocenters. The highest BCUT2D eigenvalue weighted by Crippen LogP contribution is 2.37. The molecule has 4 nitrogen and oxygen atoms in total. The van der Waals surface area contributed by atoms with Crippen molar-refractivity contribution in [1.82, 2.24) is 4.31 Å². The highest BCUT2D eigenvalue weighted by molar-refractivity contribution is 7.89. The Morgan fingerprint density at radius 2 is 1.71 bits per heavy atom.